The van der Waals surface area contributed by atoms with Crippen LogP contribution < -0.4 is 14.8 Å². The summed E-state index contributed by atoms with van der Waals surface area (Å²) in [4.78, 5) is 16.8. The molecule has 0 saturated heterocycles. The van der Waals surface area contributed by atoms with Crippen molar-refractivity contribution < 1.29 is 14.3 Å². The van der Waals surface area contributed by atoms with E-state index in [4.69, 9.17) is 19.7 Å². The number of anilines is 1. The van der Waals surface area contributed by atoms with E-state index in [1.807, 2.05) is 73.3 Å². The summed E-state index contributed by atoms with van der Waals surface area (Å²) in [6.07, 6.45) is 6.82. The number of fused-ring (bicyclic) bond motifs is 2. The van der Waals surface area contributed by atoms with Crippen molar-refractivity contribution >= 4 is 17.9 Å². The van der Waals surface area contributed by atoms with Crippen molar-refractivity contribution in [2.45, 2.75) is 33.2 Å². The lowest BCUT2D eigenvalue weighted by molar-refractivity contribution is -0.116. The van der Waals surface area contributed by atoms with Gasteiger partial charge in [-0.1, -0.05) is 44.2 Å². The number of ether oxygens (including phenoxy) is 2. The lowest BCUT2D eigenvalue weighted by Crippen LogP contribution is -2.15. The fourth-order valence-electron chi connectivity index (χ4n) is 4.72. The summed E-state index contributed by atoms with van der Waals surface area (Å²) in [5, 5.41) is 12.8. The van der Waals surface area contributed by atoms with Crippen molar-refractivity contribution in [1.29, 1.82) is 0 Å². The smallest absolute Gasteiger partial charge is 0.225 e. The van der Waals surface area contributed by atoms with Crippen LogP contribution in [0.15, 0.2) is 54.7 Å². The fraction of sp³-hybridized carbons (Fsp3) is 0.286. The Kier molecular flexibility index (Phi) is 5.96. The first-order chi connectivity index (χ1) is 18.1. The standard InChI is InChI=1S/C28H28N6O3/c1-18(2)16-22(35)30-21-17-20(10-11-29-21)23-26(32-33-12-6-14-36-27(23)33)24-25(19-8-4-3-5-9-19)31-34-13-7-15-37-28(24)34/h3-6,8-12,17-18H,7,13-16H2,1-2H3,(H,29,30,35). The van der Waals surface area contributed by atoms with E-state index in [2.05, 4.69) is 10.3 Å². The molecule has 5 heterocycles. The number of benzene rings is 1. The first kappa shape index (κ1) is 23.0. The first-order valence-corrected chi connectivity index (χ1v) is 12.6. The number of carbonyl (C=O) groups excluding carboxylic acids is 1. The van der Waals surface area contributed by atoms with Gasteiger partial charge in [-0.3, -0.25) is 4.79 Å². The maximum Gasteiger partial charge on any atom is 0.225 e. The van der Waals surface area contributed by atoms with Crippen LogP contribution >= 0.6 is 0 Å². The minimum Gasteiger partial charge on any atom is -0.477 e. The van der Waals surface area contributed by atoms with Gasteiger partial charge in [0.15, 0.2) is 0 Å². The van der Waals surface area contributed by atoms with E-state index < -0.39 is 0 Å². The Morgan fingerprint density at radius 3 is 2.73 bits per heavy atom. The summed E-state index contributed by atoms with van der Waals surface area (Å²) in [5.74, 6) is 1.99. The second-order valence-corrected chi connectivity index (χ2v) is 9.56. The molecule has 0 aliphatic carbocycles. The van der Waals surface area contributed by atoms with Gasteiger partial charge in [-0.05, 0) is 29.7 Å². The molecule has 0 spiro atoms. The summed E-state index contributed by atoms with van der Waals surface area (Å²) < 4.78 is 15.9. The third kappa shape index (κ3) is 4.37. The second kappa shape index (κ2) is 9.57. The van der Waals surface area contributed by atoms with E-state index in [-0.39, 0.29) is 11.8 Å². The van der Waals surface area contributed by atoms with Crippen LogP contribution in [0.25, 0.3) is 39.8 Å². The molecule has 0 unspecified atom stereocenters. The SMILES string of the molecule is CC(C)CC(=O)Nc1cc(-c2c(-c3c(-c4ccccc4)nn4c3OCCC4)nn3c2OCC=C3)ccn1. The Morgan fingerprint density at radius 1 is 1.03 bits per heavy atom. The molecular weight excluding hydrogens is 468 g/mol. The maximum atomic E-state index is 12.4. The topological polar surface area (TPSA) is 96.1 Å². The molecule has 2 aliphatic heterocycles. The van der Waals surface area contributed by atoms with Gasteiger partial charge in [-0.15, -0.1) is 0 Å². The van der Waals surface area contributed by atoms with Crippen molar-refractivity contribution in [3.05, 3.63) is 54.7 Å². The highest BCUT2D eigenvalue weighted by molar-refractivity contribution is 5.95. The van der Waals surface area contributed by atoms with Crippen LogP contribution in [0.4, 0.5) is 5.82 Å². The number of hydrogen-bond donors (Lipinski definition) is 1. The number of pyridine rings is 1. The number of nitrogens with zero attached hydrogens (tertiary/aromatic N) is 5. The zero-order chi connectivity index (χ0) is 25.4. The summed E-state index contributed by atoms with van der Waals surface area (Å²) >= 11 is 0. The van der Waals surface area contributed by atoms with E-state index in [1.165, 1.54) is 0 Å². The molecule has 9 nitrogen and oxygen atoms in total. The van der Waals surface area contributed by atoms with Crippen LogP contribution in [-0.4, -0.2) is 43.7 Å². The Morgan fingerprint density at radius 2 is 1.89 bits per heavy atom. The Bertz CT molecular complexity index is 1490. The number of carbonyl (C=O) groups is 1. The molecule has 1 aromatic carbocycles. The van der Waals surface area contributed by atoms with Gasteiger partial charge in [-0.25, -0.2) is 14.3 Å². The molecule has 0 saturated carbocycles. The van der Waals surface area contributed by atoms with Crippen molar-refractivity contribution in [3.8, 4) is 45.4 Å². The molecule has 4 aromatic rings. The Labute approximate surface area is 214 Å². The number of hydrogen-bond acceptors (Lipinski definition) is 6. The van der Waals surface area contributed by atoms with Crippen molar-refractivity contribution in [1.82, 2.24) is 24.5 Å². The third-order valence-electron chi connectivity index (χ3n) is 6.28. The molecule has 1 amide bonds. The quantitative estimate of drug-likeness (QED) is 0.399. The van der Waals surface area contributed by atoms with E-state index in [0.29, 0.717) is 42.9 Å². The van der Waals surface area contributed by atoms with Gasteiger partial charge >= 0.3 is 0 Å². The fourth-order valence-corrected chi connectivity index (χ4v) is 4.72. The van der Waals surface area contributed by atoms with Crippen LogP contribution in [-0.2, 0) is 11.3 Å². The average molecular weight is 497 g/mol. The van der Waals surface area contributed by atoms with E-state index in [9.17, 15) is 4.79 Å². The maximum absolute atomic E-state index is 12.4. The molecule has 6 rings (SSSR count). The normalized spacial score (nSPS) is 14.0. The number of rotatable bonds is 6. The van der Waals surface area contributed by atoms with Gasteiger partial charge in [0.25, 0.3) is 0 Å². The van der Waals surface area contributed by atoms with Gasteiger partial charge in [0, 0.05) is 37.3 Å². The molecule has 188 valence electrons. The molecular formula is C28H28N6O3. The Balaban J connectivity index is 1.53. The molecule has 2 aliphatic rings. The molecule has 1 N–H and O–H groups in total. The predicted octanol–water partition coefficient (Wildman–Crippen LogP) is 5.11. The van der Waals surface area contributed by atoms with Crippen LogP contribution in [0.2, 0.25) is 0 Å². The van der Waals surface area contributed by atoms with Crippen LogP contribution in [0.5, 0.6) is 11.8 Å². The van der Waals surface area contributed by atoms with Gasteiger partial charge in [0.1, 0.15) is 23.8 Å². The molecule has 0 bridgehead atoms. The monoisotopic (exact) mass is 496 g/mol. The number of amides is 1. The van der Waals surface area contributed by atoms with Crippen LogP contribution in [0.1, 0.15) is 26.7 Å². The summed E-state index contributed by atoms with van der Waals surface area (Å²) in [7, 11) is 0. The molecule has 37 heavy (non-hydrogen) atoms. The first-order valence-electron chi connectivity index (χ1n) is 12.6. The van der Waals surface area contributed by atoms with Crippen molar-refractivity contribution in [3.63, 3.8) is 0 Å². The molecule has 9 heteroatoms. The zero-order valence-electron chi connectivity index (χ0n) is 20.8. The molecule has 3 aromatic heterocycles. The predicted molar refractivity (Wildman–Crippen MR) is 141 cm³/mol. The summed E-state index contributed by atoms with van der Waals surface area (Å²) in [6, 6.07) is 13.8. The van der Waals surface area contributed by atoms with Gasteiger partial charge < -0.3 is 14.8 Å². The van der Waals surface area contributed by atoms with E-state index in [1.54, 1.807) is 10.9 Å². The minimum absolute atomic E-state index is 0.0680. The van der Waals surface area contributed by atoms with Gasteiger partial charge in [0.2, 0.25) is 17.7 Å². The van der Waals surface area contributed by atoms with Gasteiger partial charge in [-0.2, -0.15) is 10.2 Å². The lowest BCUT2D eigenvalue weighted by atomic mass is 9.99. The van der Waals surface area contributed by atoms with E-state index in [0.717, 1.165) is 40.9 Å². The van der Waals surface area contributed by atoms with Crippen molar-refractivity contribution in [2.75, 3.05) is 18.5 Å². The highest BCUT2D eigenvalue weighted by Gasteiger charge is 2.32. The third-order valence-corrected chi connectivity index (χ3v) is 6.28. The number of aromatic nitrogens is 5. The summed E-state index contributed by atoms with van der Waals surface area (Å²) in [5.41, 5.74) is 4.94. The largest absolute Gasteiger partial charge is 0.477 e. The number of aryl methyl sites for hydroxylation is 1. The van der Waals surface area contributed by atoms with Crippen LogP contribution in [0.3, 0.4) is 0 Å². The summed E-state index contributed by atoms with van der Waals surface area (Å²) in [6.45, 7) is 5.86. The van der Waals surface area contributed by atoms with Gasteiger partial charge in [0.05, 0.1) is 17.7 Å². The molecule has 0 radical (unpaired) electrons. The van der Waals surface area contributed by atoms with Crippen molar-refractivity contribution in [2.24, 2.45) is 5.92 Å². The average Bonchev–Trinajstić information content (AvgIpc) is 3.47. The lowest BCUT2D eigenvalue weighted by Gasteiger charge is -2.16. The zero-order valence-corrected chi connectivity index (χ0v) is 20.8. The number of nitrogens with one attached hydrogen (secondary N) is 1. The van der Waals surface area contributed by atoms with Crippen LogP contribution in [0, 0.1) is 5.92 Å². The molecule has 0 fully saturated rings. The Hall–Kier alpha value is -4.40. The second-order valence-electron chi connectivity index (χ2n) is 9.56. The minimum atomic E-state index is -0.0680. The van der Waals surface area contributed by atoms with E-state index >= 15 is 0 Å². The molecule has 0 atom stereocenters. The highest BCUT2D eigenvalue weighted by Crippen LogP contribution is 2.47. The highest BCUT2D eigenvalue weighted by atomic mass is 16.5.